The van der Waals surface area contributed by atoms with Gasteiger partial charge in [0, 0.05) is 12.5 Å². The van der Waals surface area contributed by atoms with Crippen molar-refractivity contribution in [3.8, 4) is 0 Å². The number of ether oxygens (including phenoxy) is 1. The van der Waals surface area contributed by atoms with Crippen LogP contribution in [0.3, 0.4) is 0 Å². The summed E-state index contributed by atoms with van der Waals surface area (Å²) in [5.74, 6) is -0.721. The van der Waals surface area contributed by atoms with E-state index in [2.05, 4.69) is 5.32 Å². The Morgan fingerprint density at radius 3 is 2.40 bits per heavy atom. The third-order valence-corrected chi connectivity index (χ3v) is 3.44. The van der Waals surface area contributed by atoms with Gasteiger partial charge in [0.05, 0.1) is 10.5 Å². The Kier molecular flexibility index (Phi) is 6.05. The molecule has 2 amide bonds. The monoisotopic (exact) mass is 343 g/mol. The second-order valence-electron chi connectivity index (χ2n) is 5.24. The van der Waals surface area contributed by atoms with Crippen molar-refractivity contribution >= 4 is 17.7 Å². The first-order valence-corrected chi connectivity index (χ1v) is 7.46. The van der Waals surface area contributed by atoms with Gasteiger partial charge in [-0.2, -0.15) is 0 Å². The first kappa shape index (κ1) is 17.9. The highest BCUT2D eigenvalue weighted by atomic mass is 16.6. The molecule has 8 heteroatoms. The summed E-state index contributed by atoms with van der Waals surface area (Å²) in [7, 11) is 0. The molecule has 8 nitrogen and oxygen atoms in total. The number of nitro benzene ring substituents is 1. The quantitative estimate of drug-likeness (QED) is 0.451. The zero-order valence-electron chi connectivity index (χ0n) is 13.3. The Labute approximate surface area is 143 Å². The molecule has 3 N–H and O–H groups in total. The molecule has 0 saturated heterocycles. The Hall–Kier alpha value is -3.42. The van der Waals surface area contributed by atoms with Crippen LogP contribution in [0.4, 0.5) is 10.5 Å². The summed E-state index contributed by atoms with van der Waals surface area (Å²) in [6.45, 7) is -0.276. The molecule has 0 saturated carbocycles. The van der Waals surface area contributed by atoms with E-state index in [4.69, 9.17) is 10.5 Å². The van der Waals surface area contributed by atoms with Crippen LogP contribution in [0.15, 0.2) is 54.6 Å². The van der Waals surface area contributed by atoms with Gasteiger partial charge in [0.1, 0.15) is 12.6 Å². The second kappa shape index (κ2) is 8.44. The number of carbonyl (C=O) groups excluding carboxylic acids is 2. The number of nitrogens with two attached hydrogens (primary N) is 1. The lowest BCUT2D eigenvalue weighted by atomic mass is 10.1. The Morgan fingerprint density at radius 1 is 1.12 bits per heavy atom. The Morgan fingerprint density at radius 2 is 1.76 bits per heavy atom. The maximum atomic E-state index is 12.3. The Bertz CT molecular complexity index is 764. The van der Waals surface area contributed by atoms with E-state index in [1.165, 1.54) is 18.2 Å². The highest BCUT2D eigenvalue weighted by molar-refractivity contribution is 5.83. The van der Waals surface area contributed by atoms with Gasteiger partial charge in [-0.25, -0.2) is 9.59 Å². The predicted octanol–water partition coefficient (Wildman–Crippen LogP) is 1.92. The number of carbonyl (C=O) groups is 2. The van der Waals surface area contributed by atoms with E-state index >= 15 is 0 Å². The maximum absolute atomic E-state index is 12.3. The predicted molar refractivity (Wildman–Crippen MR) is 89.5 cm³/mol. The summed E-state index contributed by atoms with van der Waals surface area (Å²) in [5, 5.41) is 13.3. The third kappa shape index (κ3) is 5.31. The van der Waals surface area contributed by atoms with Crippen LogP contribution in [0.5, 0.6) is 0 Å². The molecule has 130 valence electrons. The molecule has 2 aromatic rings. The number of rotatable bonds is 7. The lowest BCUT2D eigenvalue weighted by molar-refractivity contribution is -0.385. The summed E-state index contributed by atoms with van der Waals surface area (Å²) >= 11 is 0. The third-order valence-electron chi connectivity index (χ3n) is 3.44. The van der Waals surface area contributed by atoms with E-state index in [-0.39, 0.29) is 24.3 Å². The molecule has 0 bridgehead atoms. The van der Waals surface area contributed by atoms with Crippen LogP contribution in [0.25, 0.3) is 0 Å². The summed E-state index contributed by atoms with van der Waals surface area (Å²) in [4.78, 5) is 33.8. The number of hydrogen-bond acceptors (Lipinski definition) is 5. The van der Waals surface area contributed by atoms with Crippen molar-refractivity contribution in [1.29, 1.82) is 0 Å². The maximum Gasteiger partial charge on any atom is 0.329 e. The molecule has 1 atom stereocenters. The topological polar surface area (TPSA) is 125 Å². The van der Waals surface area contributed by atoms with Crippen LogP contribution in [0.1, 0.15) is 11.1 Å². The fourth-order valence-electron chi connectivity index (χ4n) is 2.28. The smallest absolute Gasteiger partial charge is 0.329 e. The minimum absolute atomic E-state index is 0.141. The zero-order valence-corrected chi connectivity index (χ0v) is 13.3. The van der Waals surface area contributed by atoms with Crippen molar-refractivity contribution in [2.24, 2.45) is 5.73 Å². The van der Waals surface area contributed by atoms with Crippen LogP contribution in [0, 0.1) is 10.1 Å². The van der Waals surface area contributed by atoms with Gasteiger partial charge >= 0.3 is 12.0 Å². The van der Waals surface area contributed by atoms with Gasteiger partial charge in [-0.15, -0.1) is 0 Å². The first-order chi connectivity index (χ1) is 12.0. The number of nitrogens with one attached hydrogen (secondary N) is 1. The molecule has 0 aliphatic heterocycles. The van der Waals surface area contributed by atoms with Crippen molar-refractivity contribution in [3.05, 3.63) is 75.8 Å². The fraction of sp³-hybridized carbons (Fsp3) is 0.176. The molecule has 25 heavy (non-hydrogen) atoms. The molecule has 2 aromatic carbocycles. The molecule has 0 aliphatic carbocycles. The number of esters is 1. The van der Waals surface area contributed by atoms with Crippen LogP contribution in [-0.4, -0.2) is 23.0 Å². The number of para-hydroxylation sites is 1. The van der Waals surface area contributed by atoms with E-state index in [1.807, 2.05) is 6.07 Å². The first-order valence-electron chi connectivity index (χ1n) is 7.46. The van der Waals surface area contributed by atoms with Crippen molar-refractivity contribution in [3.63, 3.8) is 0 Å². The second-order valence-corrected chi connectivity index (χ2v) is 5.24. The summed E-state index contributed by atoms with van der Waals surface area (Å²) in [6.07, 6.45) is 0.194. The summed E-state index contributed by atoms with van der Waals surface area (Å²) < 4.78 is 5.14. The van der Waals surface area contributed by atoms with Crippen molar-refractivity contribution in [2.75, 3.05) is 0 Å². The zero-order chi connectivity index (χ0) is 18.2. The largest absolute Gasteiger partial charge is 0.459 e. The van der Waals surface area contributed by atoms with Gasteiger partial charge in [0.2, 0.25) is 0 Å². The van der Waals surface area contributed by atoms with Gasteiger partial charge in [0.25, 0.3) is 5.69 Å². The number of hydrogen-bond donors (Lipinski definition) is 2. The number of nitro groups is 1. The lowest BCUT2D eigenvalue weighted by Crippen LogP contribution is -2.45. The van der Waals surface area contributed by atoms with Crippen molar-refractivity contribution < 1.29 is 19.2 Å². The molecule has 0 aromatic heterocycles. The molecule has 2 rings (SSSR count). The molecular formula is C17H17N3O5. The van der Waals surface area contributed by atoms with E-state index < -0.39 is 23.0 Å². The van der Waals surface area contributed by atoms with Crippen molar-refractivity contribution in [1.82, 2.24) is 5.32 Å². The molecule has 0 aliphatic rings. The average molecular weight is 343 g/mol. The van der Waals surface area contributed by atoms with Crippen molar-refractivity contribution in [2.45, 2.75) is 19.1 Å². The molecule has 0 heterocycles. The number of amides is 2. The number of primary amides is 1. The minimum Gasteiger partial charge on any atom is -0.459 e. The summed E-state index contributed by atoms with van der Waals surface area (Å²) in [6, 6.07) is 13.1. The van der Waals surface area contributed by atoms with Crippen LogP contribution >= 0.6 is 0 Å². The number of urea groups is 1. The highest BCUT2D eigenvalue weighted by Crippen LogP contribution is 2.18. The SMILES string of the molecule is NC(=O)N[C@@H](Cc1ccccc1)C(=O)OCc1ccccc1[N+](=O)[O-]. The molecule has 0 spiro atoms. The fourth-order valence-corrected chi connectivity index (χ4v) is 2.28. The van der Waals surface area contributed by atoms with Gasteiger partial charge in [-0.05, 0) is 11.6 Å². The molecule has 0 fully saturated rings. The average Bonchev–Trinajstić information content (AvgIpc) is 2.59. The van der Waals surface area contributed by atoms with Crippen LogP contribution in [-0.2, 0) is 22.6 Å². The minimum atomic E-state index is -0.984. The normalized spacial score (nSPS) is 11.4. The van der Waals surface area contributed by atoms with E-state index in [1.54, 1.807) is 30.3 Å². The summed E-state index contributed by atoms with van der Waals surface area (Å²) in [5.41, 5.74) is 6.04. The Balaban J connectivity index is 2.07. The number of nitrogens with zero attached hydrogens (tertiary/aromatic N) is 1. The van der Waals surface area contributed by atoms with Gasteiger partial charge < -0.3 is 15.8 Å². The van der Waals surface area contributed by atoms with Crippen LogP contribution < -0.4 is 11.1 Å². The van der Waals surface area contributed by atoms with Gasteiger partial charge in [0.15, 0.2) is 0 Å². The van der Waals surface area contributed by atoms with Gasteiger partial charge in [-0.3, -0.25) is 10.1 Å². The van der Waals surface area contributed by atoms with Gasteiger partial charge in [-0.1, -0.05) is 42.5 Å². The number of benzene rings is 2. The standard InChI is InChI=1S/C17H17N3O5/c18-17(22)19-14(10-12-6-2-1-3-7-12)16(21)25-11-13-8-4-5-9-15(13)20(23)24/h1-9,14H,10-11H2,(H3,18,19,22)/t14-/m0/s1. The lowest BCUT2D eigenvalue weighted by Gasteiger charge is -2.16. The highest BCUT2D eigenvalue weighted by Gasteiger charge is 2.23. The van der Waals surface area contributed by atoms with E-state index in [0.29, 0.717) is 0 Å². The van der Waals surface area contributed by atoms with E-state index in [0.717, 1.165) is 5.56 Å². The molecule has 0 unspecified atom stereocenters. The van der Waals surface area contributed by atoms with Crippen LogP contribution in [0.2, 0.25) is 0 Å². The van der Waals surface area contributed by atoms with E-state index in [9.17, 15) is 19.7 Å². The molecular weight excluding hydrogens is 326 g/mol. The molecule has 0 radical (unpaired) electrons.